The maximum Gasteiger partial charge on any atom is 0.317 e. The molecule has 4 aliphatic heterocycles. The van der Waals surface area contributed by atoms with E-state index in [1.807, 2.05) is 30.0 Å². The molecule has 0 unspecified atom stereocenters. The van der Waals surface area contributed by atoms with Crippen molar-refractivity contribution in [3.8, 4) is 0 Å². The van der Waals surface area contributed by atoms with Gasteiger partial charge in [-0.25, -0.2) is 4.79 Å². The molecule has 0 spiro atoms. The normalized spacial score (nSPS) is 23.4. The second-order valence-electron chi connectivity index (χ2n) is 25.6. The number of amides is 10. The van der Waals surface area contributed by atoms with E-state index in [9.17, 15) is 88.2 Å². The molecule has 101 heavy (non-hydrogen) atoms. The highest BCUT2D eigenvalue weighted by molar-refractivity contribution is 7.99. The zero-order valence-corrected chi connectivity index (χ0v) is 59.8. The van der Waals surface area contributed by atoms with Crippen LogP contribution in [0.3, 0.4) is 0 Å². The SMILES string of the molecule is CCCCNC(=O)N[C@H]1CSCc2cc(CSCCNC(=O)CN3CCN(CC(=O)O)CCN(CC(=O)O)CCN(CC(=O)O)CC3)cc(c2)CSC[C@@H](C(O)O)NC(=O)[C@H](Cc2ccccc2)NC(=O)[C@H](CCC(N)=O)NC(=O)[C@H]([C@@H](C)O)NC(=O)[C@@H]2CCCN2C(=O)[C@@H]2CCCN2C1=O. The Morgan fingerprint density at radius 1 is 0.614 bits per heavy atom. The van der Waals surface area contributed by atoms with Crippen LogP contribution in [0.2, 0.25) is 0 Å². The van der Waals surface area contributed by atoms with Crippen molar-refractivity contribution in [1.29, 1.82) is 0 Å². The number of hydrogen-bond acceptors (Lipinski definition) is 22. The predicted molar refractivity (Wildman–Crippen MR) is 378 cm³/mol. The topological polar surface area (TPSA) is 456 Å². The number of urea groups is 1. The van der Waals surface area contributed by atoms with Crippen LogP contribution in [0.5, 0.6) is 0 Å². The van der Waals surface area contributed by atoms with Gasteiger partial charge in [-0.05, 0) is 67.7 Å². The summed E-state index contributed by atoms with van der Waals surface area (Å²) in [5.74, 6) is -7.57. The van der Waals surface area contributed by atoms with Gasteiger partial charge in [-0.1, -0.05) is 61.9 Å². The number of nitrogens with zero attached hydrogens (tertiary/aromatic N) is 6. The Morgan fingerprint density at radius 2 is 1.15 bits per heavy atom. The van der Waals surface area contributed by atoms with Crippen LogP contribution in [0.25, 0.3) is 0 Å². The van der Waals surface area contributed by atoms with E-state index in [-0.39, 0.29) is 147 Å². The van der Waals surface area contributed by atoms with Crippen LogP contribution in [0, 0.1) is 0 Å². The number of carboxylic acid groups (broad SMARTS) is 3. The molecule has 6 rings (SSSR count). The maximum absolute atomic E-state index is 14.9. The van der Waals surface area contributed by atoms with E-state index in [0.717, 1.165) is 23.1 Å². The monoisotopic (exact) mass is 1470 g/mol. The Hall–Kier alpha value is -7.35. The Labute approximate surface area is 600 Å². The summed E-state index contributed by atoms with van der Waals surface area (Å²) in [6.07, 6.45) is -1.93. The molecule has 0 saturated carbocycles. The molecule has 0 aromatic heterocycles. The molecule has 35 heteroatoms. The molecule has 0 aliphatic carbocycles. The molecule has 3 fully saturated rings. The van der Waals surface area contributed by atoms with Crippen molar-refractivity contribution in [3.63, 3.8) is 0 Å². The number of thioether (sulfide) groups is 3. The highest BCUT2D eigenvalue weighted by Crippen LogP contribution is 2.28. The summed E-state index contributed by atoms with van der Waals surface area (Å²) in [5.41, 5.74) is 8.57. The van der Waals surface area contributed by atoms with Crippen molar-refractivity contribution in [2.75, 3.05) is 122 Å². The first-order chi connectivity index (χ1) is 48.3. The molecule has 2 aromatic rings. The van der Waals surface area contributed by atoms with Gasteiger partial charge in [0.25, 0.3) is 0 Å². The molecule has 32 nitrogen and oxygen atoms in total. The van der Waals surface area contributed by atoms with Crippen LogP contribution in [0.4, 0.5) is 4.79 Å². The lowest BCUT2D eigenvalue weighted by Gasteiger charge is -2.33. The first-order valence-electron chi connectivity index (χ1n) is 34.2. The van der Waals surface area contributed by atoms with E-state index in [1.165, 1.54) is 52.0 Å². The molecule has 560 valence electrons. The minimum absolute atomic E-state index is 0.0641. The van der Waals surface area contributed by atoms with Crippen LogP contribution >= 0.6 is 35.3 Å². The highest BCUT2D eigenvalue weighted by atomic mass is 32.2. The summed E-state index contributed by atoms with van der Waals surface area (Å²) in [6, 6.07) is 4.57. The summed E-state index contributed by atoms with van der Waals surface area (Å²) < 4.78 is 0. The number of aliphatic carboxylic acids is 3. The molecular weight excluding hydrogens is 1370 g/mol. The van der Waals surface area contributed by atoms with Crippen molar-refractivity contribution in [2.45, 2.75) is 144 Å². The van der Waals surface area contributed by atoms with Crippen molar-refractivity contribution in [3.05, 3.63) is 70.8 Å². The van der Waals surface area contributed by atoms with Crippen LogP contribution in [-0.2, 0) is 76.4 Å². The number of carbonyl (C=O) groups excluding carboxylic acids is 9. The lowest BCUT2D eigenvalue weighted by atomic mass is 10.0. The third-order valence-electron chi connectivity index (χ3n) is 17.5. The number of unbranched alkanes of at least 4 members (excludes halogenated alkanes) is 1. The maximum atomic E-state index is 14.9. The molecule has 3 saturated heterocycles. The van der Waals surface area contributed by atoms with Gasteiger partial charge in [0.1, 0.15) is 36.3 Å². The standard InChI is InChI=1S/C66H100N14O18S3/c1-3-4-16-69-66(98)73-49-40-100-38-45-29-44(37-99-28-17-68-54(83)33-75-20-22-76(34-55(84)85)24-26-78(36-57(88)89)27-25-77(23-21-75)35-56(86)87)30-46(31-45)39-101-41-50(65(96)97)72-60(91)48(32-43-10-6-5-7-11-43)71-59(90)47(14-15-53(67)82)70-62(93)58(42(2)81)74-61(92)51-12-8-18-79(51)64(95)52-13-9-19-80(52)63(49)94/h5-7,10-11,29-31,42,47-52,58,65,81,96-97H,3-4,8-9,12-28,32-41H2,1-2H3,(H2,67,82)(H,68,83)(H,70,93)(H,71,90)(H,72,91)(H,74,92)(H,84,85)(H,86,87)(H,88,89)(H2,69,73,98)/t42-,47+,48+,49+,50+,51+,52+,58+/m1/s1. The van der Waals surface area contributed by atoms with Crippen LogP contribution < -0.4 is 43.0 Å². The Morgan fingerprint density at radius 3 is 1.69 bits per heavy atom. The molecule has 8 atom stereocenters. The molecule has 4 aliphatic rings. The quantitative estimate of drug-likeness (QED) is 0.0384. The van der Waals surface area contributed by atoms with Gasteiger partial charge in [0.2, 0.25) is 47.3 Å². The number of benzene rings is 2. The van der Waals surface area contributed by atoms with Gasteiger partial charge in [-0.2, -0.15) is 35.3 Å². The minimum Gasteiger partial charge on any atom is -0.480 e. The molecule has 2 bridgehead atoms. The Kier molecular flexibility index (Phi) is 35.1. The van der Waals surface area contributed by atoms with E-state index < -0.39 is 126 Å². The number of aliphatic hydroxyl groups excluding tert-OH is 2. The second-order valence-corrected chi connectivity index (χ2v) is 28.8. The number of fused-ring (bicyclic) bond motifs is 4. The number of rotatable bonds is 24. The average molecular weight is 1470 g/mol. The van der Waals surface area contributed by atoms with Crippen molar-refractivity contribution in [2.24, 2.45) is 5.73 Å². The van der Waals surface area contributed by atoms with E-state index in [0.29, 0.717) is 48.6 Å². The van der Waals surface area contributed by atoms with Crippen molar-refractivity contribution < 1.29 is 88.2 Å². The summed E-state index contributed by atoms with van der Waals surface area (Å²) in [4.78, 5) is 171. The number of carbonyl (C=O) groups is 12. The fraction of sp³-hybridized carbons (Fsp3) is 0.636. The third kappa shape index (κ3) is 28.8. The van der Waals surface area contributed by atoms with E-state index in [4.69, 9.17) is 5.73 Å². The summed E-state index contributed by atoms with van der Waals surface area (Å²) >= 11 is 4.13. The van der Waals surface area contributed by atoms with E-state index in [1.54, 1.807) is 45.0 Å². The van der Waals surface area contributed by atoms with Gasteiger partial charge in [0.05, 0.1) is 38.3 Å². The summed E-state index contributed by atoms with van der Waals surface area (Å²) in [6.45, 7) is 4.97. The lowest BCUT2D eigenvalue weighted by Crippen LogP contribution is -2.61. The number of carboxylic acids is 3. The summed E-state index contributed by atoms with van der Waals surface area (Å²) in [7, 11) is 0. The Bertz CT molecular complexity index is 3090. The van der Waals surface area contributed by atoms with Gasteiger partial charge in [-0.15, -0.1) is 0 Å². The zero-order valence-electron chi connectivity index (χ0n) is 57.3. The predicted octanol–water partition coefficient (Wildman–Crippen LogP) is -2.42. The average Bonchev–Trinajstić information content (AvgIpc) is 1.72. The first-order valence-corrected chi connectivity index (χ1v) is 37.6. The largest absolute Gasteiger partial charge is 0.480 e. The van der Waals surface area contributed by atoms with Gasteiger partial charge in [0, 0.05) is 126 Å². The van der Waals surface area contributed by atoms with E-state index >= 15 is 0 Å². The number of hydrogen-bond donors (Lipinski definition) is 14. The summed E-state index contributed by atoms with van der Waals surface area (Å²) in [5, 5.41) is 80.4. The second kappa shape index (κ2) is 42.9. The molecular formula is C66H100N14O18S3. The number of aliphatic hydroxyl groups is 3. The van der Waals surface area contributed by atoms with Crippen LogP contribution in [0.1, 0.15) is 87.5 Å². The first kappa shape index (κ1) is 82.6. The smallest absolute Gasteiger partial charge is 0.317 e. The minimum atomic E-state index is -2.10. The molecule has 4 heterocycles. The fourth-order valence-corrected chi connectivity index (χ4v) is 15.0. The van der Waals surface area contributed by atoms with Gasteiger partial charge >= 0.3 is 23.9 Å². The molecule has 2 aromatic carbocycles. The molecule has 15 N–H and O–H groups in total. The Balaban J connectivity index is 1.26. The van der Waals surface area contributed by atoms with Gasteiger partial charge in [0.15, 0.2) is 6.29 Å². The number of primary amides is 1. The highest BCUT2D eigenvalue weighted by Gasteiger charge is 2.45. The van der Waals surface area contributed by atoms with E-state index in [2.05, 4.69) is 37.2 Å². The van der Waals surface area contributed by atoms with Crippen LogP contribution in [0.15, 0.2) is 48.5 Å². The van der Waals surface area contributed by atoms with Gasteiger partial charge < -0.3 is 83.4 Å². The fourth-order valence-electron chi connectivity index (χ4n) is 12.2. The lowest BCUT2D eigenvalue weighted by molar-refractivity contribution is -0.147. The van der Waals surface area contributed by atoms with Crippen LogP contribution in [-0.4, -0.2) is 308 Å². The van der Waals surface area contributed by atoms with Gasteiger partial charge in [-0.3, -0.25) is 72.3 Å². The zero-order chi connectivity index (χ0) is 73.5. The number of nitrogens with two attached hydrogens (primary N) is 1. The van der Waals surface area contributed by atoms with Crippen molar-refractivity contribution >= 4 is 106 Å². The van der Waals surface area contributed by atoms with Crippen molar-refractivity contribution in [1.82, 2.24) is 66.6 Å². The number of nitrogens with one attached hydrogen (secondary N) is 7. The molecule has 0 radical (unpaired) electrons. The third-order valence-corrected chi connectivity index (χ3v) is 20.8. The molecule has 10 amide bonds.